The molecule has 2 aromatic rings. The number of hydrazone groups is 1. The van der Waals surface area contributed by atoms with Crippen molar-refractivity contribution < 1.29 is 14.5 Å². The third-order valence-electron chi connectivity index (χ3n) is 3.82. The van der Waals surface area contributed by atoms with Crippen molar-refractivity contribution in [3.05, 3.63) is 67.7 Å². The van der Waals surface area contributed by atoms with Crippen LogP contribution in [-0.2, 0) is 4.79 Å². The molecule has 2 amide bonds. The van der Waals surface area contributed by atoms with Gasteiger partial charge in [-0.3, -0.25) is 19.7 Å². The fourth-order valence-corrected chi connectivity index (χ4v) is 3.00. The number of nitrogens with zero attached hydrogens (tertiary/aromatic N) is 3. The number of carbonyl (C=O) groups is 2. The Morgan fingerprint density at radius 2 is 2.04 bits per heavy atom. The summed E-state index contributed by atoms with van der Waals surface area (Å²) in [4.78, 5) is 34.9. The fraction of sp³-hybridized carbons (Fsp3) is 0.118. The normalized spacial score (nSPS) is 13.5. The maximum Gasteiger partial charge on any atom is 0.270 e. The molecule has 8 nitrogen and oxygen atoms in total. The summed E-state index contributed by atoms with van der Waals surface area (Å²) >= 11 is 12.4. The summed E-state index contributed by atoms with van der Waals surface area (Å²) in [6.45, 7) is 1.76. The summed E-state index contributed by atoms with van der Waals surface area (Å²) < 4.78 is 0. The Morgan fingerprint density at radius 3 is 2.74 bits per heavy atom. The molecule has 0 aliphatic carbocycles. The molecule has 2 aromatic carbocycles. The summed E-state index contributed by atoms with van der Waals surface area (Å²) in [7, 11) is 0. The number of nitrogens with one attached hydrogen (secondary N) is 1. The first-order chi connectivity index (χ1) is 12.8. The number of benzene rings is 2. The Balaban J connectivity index is 1.85. The van der Waals surface area contributed by atoms with Crippen molar-refractivity contribution in [3.8, 4) is 0 Å². The summed E-state index contributed by atoms with van der Waals surface area (Å²) in [6.07, 6.45) is -0.165. The summed E-state index contributed by atoms with van der Waals surface area (Å²) in [5.41, 5.74) is 0.813. The van der Waals surface area contributed by atoms with E-state index in [1.54, 1.807) is 19.1 Å². The minimum absolute atomic E-state index is 0.0735. The first kappa shape index (κ1) is 18.8. The zero-order valence-corrected chi connectivity index (χ0v) is 15.4. The van der Waals surface area contributed by atoms with Crippen LogP contribution in [0.1, 0.15) is 22.3 Å². The van der Waals surface area contributed by atoms with Crippen molar-refractivity contribution in [2.45, 2.75) is 13.3 Å². The van der Waals surface area contributed by atoms with Crippen LogP contribution in [0.4, 0.5) is 11.4 Å². The molecule has 138 valence electrons. The van der Waals surface area contributed by atoms with Gasteiger partial charge in [0.25, 0.3) is 17.5 Å². The number of non-ortho nitro benzene ring substituents is 1. The maximum atomic E-state index is 12.3. The van der Waals surface area contributed by atoms with Crippen molar-refractivity contribution in [3.63, 3.8) is 0 Å². The third-order valence-corrected chi connectivity index (χ3v) is 4.61. The van der Waals surface area contributed by atoms with Gasteiger partial charge < -0.3 is 5.32 Å². The van der Waals surface area contributed by atoms with E-state index in [9.17, 15) is 19.7 Å². The van der Waals surface area contributed by atoms with Crippen LogP contribution in [0.5, 0.6) is 0 Å². The Bertz CT molecular complexity index is 1010. The summed E-state index contributed by atoms with van der Waals surface area (Å²) in [5, 5.41) is 19.0. The lowest BCUT2D eigenvalue weighted by Gasteiger charge is -2.16. The monoisotopic (exact) mass is 406 g/mol. The molecule has 0 aromatic heterocycles. The molecular formula is C17H12Cl2N4O4. The molecule has 0 atom stereocenters. The van der Waals surface area contributed by atoms with Gasteiger partial charge in [-0.05, 0) is 24.6 Å². The van der Waals surface area contributed by atoms with Crippen LogP contribution in [0.2, 0.25) is 10.0 Å². The second-order valence-corrected chi connectivity index (χ2v) is 6.50. The highest BCUT2D eigenvalue weighted by Crippen LogP contribution is 2.37. The largest absolute Gasteiger partial charge is 0.308 e. The molecule has 0 radical (unpaired) electrons. The van der Waals surface area contributed by atoms with Crippen molar-refractivity contribution in [1.82, 2.24) is 5.32 Å². The number of nitro benzene ring substituents is 1. The molecule has 10 heteroatoms. The van der Waals surface area contributed by atoms with E-state index in [0.717, 1.165) is 11.1 Å². The molecule has 1 heterocycles. The van der Waals surface area contributed by atoms with Crippen molar-refractivity contribution in [1.29, 1.82) is 0 Å². The van der Waals surface area contributed by atoms with Crippen LogP contribution in [0.3, 0.4) is 0 Å². The zero-order chi connectivity index (χ0) is 19.7. The fourth-order valence-electron chi connectivity index (χ4n) is 2.47. The van der Waals surface area contributed by atoms with E-state index in [0.29, 0.717) is 5.56 Å². The Morgan fingerprint density at radius 1 is 1.30 bits per heavy atom. The second kappa shape index (κ2) is 7.34. The molecule has 1 N–H and O–H groups in total. The Kier molecular flexibility index (Phi) is 5.11. The van der Waals surface area contributed by atoms with E-state index in [1.807, 2.05) is 0 Å². The number of carbonyl (C=O) groups excluding carboxylic acids is 2. The number of rotatable bonds is 3. The zero-order valence-electron chi connectivity index (χ0n) is 13.9. The molecular weight excluding hydrogens is 395 g/mol. The average Bonchev–Trinajstić information content (AvgIpc) is 2.98. The van der Waals surface area contributed by atoms with E-state index in [4.69, 9.17) is 23.2 Å². The van der Waals surface area contributed by atoms with E-state index in [1.165, 1.54) is 18.2 Å². The molecule has 0 bridgehead atoms. The highest BCUT2D eigenvalue weighted by atomic mass is 35.5. The van der Waals surface area contributed by atoms with Gasteiger partial charge in [-0.2, -0.15) is 10.1 Å². The predicted molar refractivity (Wildman–Crippen MR) is 101 cm³/mol. The van der Waals surface area contributed by atoms with Crippen LogP contribution < -0.4 is 10.3 Å². The van der Waals surface area contributed by atoms with Crippen molar-refractivity contribution in [2.75, 3.05) is 5.01 Å². The maximum absolute atomic E-state index is 12.3. The number of amidine groups is 1. The first-order valence-corrected chi connectivity index (χ1v) is 8.44. The minimum atomic E-state index is -0.617. The second-order valence-electron chi connectivity index (χ2n) is 5.72. The Labute approximate surface area is 163 Å². The van der Waals surface area contributed by atoms with E-state index in [2.05, 4.69) is 10.4 Å². The quantitative estimate of drug-likeness (QED) is 0.619. The standard InChI is InChI=1S/C17H12Cl2N4O4/c1-9-5-6-12(18)16(15(9)19)22-14(24)8-13(21-22)20-17(25)10-3-2-4-11(7-10)23(26)27/h2-7H,8H2,1H3,(H,20,21,25). The summed E-state index contributed by atoms with van der Waals surface area (Å²) in [5.74, 6) is -0.947. The molecule has 1 aliphatic rings. The lowest BCUT2D eigenvalue weighted by Crippen LogP contribution is -2.29. The van der Waals surface area contributed by atoms with Crippen molar-refractivity contribution in [2.24, 2.45) is 5.10 Å². The number of hydrogen-bond donors (Lipinski definition) is 1. The van der Waals surface area contributed by atoms with Gasteiger partial charge in [0.2, 0.25) is 0 Å². The van der Waals surface area contributed by atoms with Gasteiger partial charge in [-0.15, -0.1) is 0 Å². The lowest BCUT2D eigenvalue weighted by molar-refractivity contribution is -0.384. The van der Waals surface area contributed by atoms with Gasteiger partial charge in [0, 0.05) is 17.7 Å². The molecule has 27 heavy (non-hydrogen) atoms. The highest BCUT2D eigenvalue weighted by Gasteiger charge is 2.30. The molecule has 3 rings (SSSR count). The number of anilines is 1. The summed E-state index contributed by atoms with van der Waals surface area (Å²) in [6, 6.07) is 8.54. The topological polar surface area (TPSA) is 105 Å². The van der Waals surface area contributed by atoms with E-state index >= 15 is 0 Å². The SMILES string of the molecule is Cc1ccc(Cl)c(N2N=C(NC(=O)c3cccc([N+](=O)[O-])c3)CC2=O)c1Cl. The van der Waals surface area contributed by atoms with Crippen molar-refractivity contribution >= 4 is 52.2 Å². The molecule has 0 fully saturated rings. The van der Waals surface area contributed by atoms with Gasteiger partial charge in [0.1, 0.15) is 11.5 Å². The number of nitro groups is 1. The number of halogens is 2. The predicted octanol–water partition coefficient (Wildman–Crippen LogP) is 3.69. The molecule has 0 saturated carbocycles. The van der Waals surface area contributed by atoms with Gasteiger partial charge in [-0.25, -0.2) is 0 Å². The van der Waals surface area contributed by atoms with Gasteiger partial charge in [0.05, 0.1) is 21.4 Å². The van der Waals surface area contributed by atoms with Crippen LogP contribution in [0.15, 0.2) is 41.5 Å². The van der Waals surface area contributed by atoms with Gasteiger partial charge >= 0.3 is 0 Å². The van der Waals surface area contributed by atoms with E-state index in [-0.39, 0.29) is 39.2 Å². The molecule has 0 unspecified atom stereocenters. The average molecular weight is 407 g/mol. The van der Waals surface area contributed by atoms with Gasteiger partial charge in [0.15, 0.2) is 0 Å². The lowest BCUT2D eigenvalue weighted by atomic mass is 10.2. The number of aryl methyl sites for hydroxylation is 1. The molecule has 0 spiro atoms. The first-order valence-electron chi connectivity index (χ1n) is 7.68. The number of amides is 2. The highest BCUT2D eigenvalue weighted by molar-refractivity contribution is 6.40. The minimum Gasteiger partial charge on any atom is -0.308 e. The van der Waals surface area contributed by atoms with Gasteiger partial charge in [-0.1, -0.05) is 35.3 Å². The van der Waals surface area contributed by atoms with Crippen LogP contribution >= 0.6 is 23.2 Å². The van der Waals surface area contributed by atoms with Crippen LogP contribution in [-0.4, -0.2) is 22.6 Å². The smallest absolute Gasteiger partial charge is 0.270 e. The van der Waals surface area contributed by atoms with Crippen LogP contribution in [0.25, 0.3) is 0 Å². The third kappa shape index (κ3) is 3.76. The molecule has 0 saturated heterocycles. The van der Waals surface area contributed by atoms with Crippen LogP contribution in [0, 0.1) is 17.0 Å². The Hall–Kier alpha value is -2.97. The number of hydrogen-bond acceptors (Lipinski definition) is 5. The molecule has 1 aliphatic heterocycles. The van der Waals surface area contributed by atoms with E-state index < -0.39 is 16.7 Å².